The first-order chi connectivity index (χ1) is 17.8. The molecule has 4 atom stereocenters. The Balaban J connectivity index is 2.31. The van der Waals surface area contributed by atoms with Crippen LogP contribution in [0.25, 0.3) is 10.9 Å². The number of nitrogens with two attached hydrogens (primary N) is 1. The van der Waals surface area contributed by atoms with E-state index in [1.54, 1.807) is 44.3 Å². The van der Waals surface area contributed by atoms with Crippen LogP contribution in [-0.4, -0.2) is 80.1 Å². The molecule has 14 heteroatoms. The molecule has 0 saturated carbocycles. The molecule has 0 fully saturated rings. The Labute approximate surface area is 217 Å². The molecular formula is C24H31N5O9. The number of aliphatic carboxylic acids is 3. The minimum absolute atomic E-state index is 0.0989. The summed E-state index contributed by atoms with van der Waals surface area (Å²) in [6, 6.07) is 1.40. The molecule has 206 valence electrons. The van der Waals surface area contributed by atoms with Crippen LogP contribution in [0.5, 0.6) is 0 Å². The van der Waals surface area contributed by atoms with Crippen LogP contribution in [0.3, 0.4) is 0 Å². The molecule has 0 aliphatic heterocycles. The molecule has 2 rings (SSSR count). The van der Waals surface area contributed by atoms with E-state index in [0.717, 1.165) is 10.9 Å². The zero-order chi connectivity index (χ0) is 28.6. The van der Waals surface area contributed by atoms with Crippen molar-refractivity contribution >= 4 is 46.5 Å². The molecule has 1 aromatic heterocycles. The van der Waals surface area contributed by atoms with Crippen molar-refractivity contribution in [2.75, 3.05) is 0 Å². The Kier molecular flexibility index (Phi) is 10.3. The summed E-state index contributed by atoms with van der Waals surface area (Å²) in [4.78, 5) is 75.1. The van der Waals surface area contributed by atoms with Gasteiger partial charge in [-0.05, 0) is 17.5 Å². The minimum Gasteiger partial charge on any atom is -0.481 e. The van der Waals surface area contributed by atoms with E-state index in [9.17, 15) is 33.9 Å². The molecule has 0 radical (unpaired) electrons. The molecule has 1 aromatic carbocycles. The van der Waals surface area contributed by atoms with Gasteiger partial charge in [0.2, 0.25) is 17.7 Å². The van der Waals surface area contributed by atoms with Gasteiger partial charge in [-0.3, -0.25) is 24.0 Å². The number of carboxylic acid groups (broad SMARTS) is 3. The number of benzene rings is 1. The van der Waals surface area contributed by atoms with Crippen LogP contribution in [0.2, 0.25) is 0 Å². The highest BCUT2D eigenvalue weighted by atomic mass is 16.4. The fourth-order valence-electron chi connectivity index (χ4n) is 3.71. The van der Waals surface area contributed by atoms with Gasteiger partial charge in [-0.15, -0.1) is 0 Å². The topological polar surface area (TPSA) is 241 Å². The summed E-state index contributed by atoms with van der Waals surface area (Å²) in [5.41, 5.74) is 6.95. The summed E-state index contributed by atoms with van der Waals surface area (Å²) in [5.74, 6) is -7.47. The molecule has 0 aliphatic carbocycles. The van der Waals surface area contributed by atoms with Gasteiger partial charge in [-0.1, -0.05) is 32.0 Å². The lowest BCUT2D eigenvalue weighted by Crippen LogP contribution is -2.59. The van der Waals surface area contributed by atoms with Gasteiger partial charge in [0.05, 0.1) is 18.9 Å². The van der Waals surface area contributed by atoms with E-state index in [0.29, 0.717) is 5.56 Å². The molecule has 1 heterocycles. The van der Waals surface area contributed by atoms with E-state index in [2.05, 4.69) is 20.9 Å². The Bertz CT molecular complexity index is 1210. The number of carboxylic acids is 3. The van der Waals surface area contributed by atoms with Crippen molar-refractivity contribution in [3.05, 3.63) is 36.0 Å². The van der Waals surface area contributed by atoms with Crippen molar-refractivity contribution in [2.45, 2.75) is 57.3 Å². The minimum atomic E-state index is -1.75. The molecular weight excluding hydrogens is 502 g/mol. The zero-order valence-electron chi connectivity index (χ0n) is 20.8. The quantitative estimate of drug-likeness (QED) is 0.150. The van der Waals surface area contributed by atoms with Crippen molar-refractivity contribution in [3.8, 4) is 0 Å². The summed E-state index contributed by atoms with van der Waals surface area (Å²) in [7, 11) is 0. The average molecular weight is 534 g/mol. The second-order valence-corrected chi connectivity index (χ2v) is 9.06. The monoisotopic (exact) mass is 533 g/mol. The normalized spacial score (nSPS) is 14.2. The maximum Gasteiger partial charge on any atom is 0.326 e. The highest BCUT2D eigenvalue weighted by Gasteiger charge is 2.33. The molecule has 14 nitrogen and oxygen atoms in total. The first kappa shape index (κ1) is 29.8. The van der Waals surface area contributed by atoms with Crippen molar-refractivity contribution in [3.63, 3.8) is 0 Å². The number of rotatable bonds is 14. The molecule has 3 amide bonds. The number of fused-ring (bicyclic) bond motifs is 1. The number of aromatic amines is 1. The number of hydrogen-bond acceptors (Lipinski definition) is 7. The Hall–Kier alpha value is -4.46. The number of amides is 3. The second-order valence-electron chi connectivity index (χ2n) is 9.06. The maximum absolute atomic E-state index is 13.2. The van der Waals surface area contributed by atoms with E-state index in [-0.39, 0.29) is 6.42 Å². The standard InChI is InChI=1S/C24H31N5O9/c1-11(2)20(29-21(34)14(25)8-18(30)31)23(36)27-16(22(35)28-17(24(37)38)9-19(32)33)7-12-10-26-15-6-4-3-5-13(12)15/h3-6,10-11,14,16-17,20,26H,7-9,25H2,1-2H3,(H,27,36)(H,28,35)(H,29,34)(H,30,31)(H,32,33)(H,37,38). The van der Waals surface area contributed by atoms with Gasteiger partial charge in [0.15, 0.2) is 0 Å². The number of H-pyrrole nitrogens is 1. The smallest absolute Gasteiger partial charge is 0.326 e. The largest absolute Gasteiger partial charge is 0.481 e. The number of carbonyl (C=O) groups is 6. The van der Waals surface area contributed by atoms with Crippen molar-refractivity contribution in [1.29, 1.82) is 0 Å². The van der Waals surface area contributed by atoms with Crippen molar-refractivity contribution in [1.82, 2.24) is 20.9 Å². The maximum atomic E-state index is 13.2. The molecule has 2 aromatic rings. The van der Waals surface area contributed by atoms with Crippen LogP contribution >= 0.6 is 0 Å². The highest BCUT2D eigenvalue weighted by Crippen LogP contribution is 2.19. The highest BCUT2D eigenvalue weighted by molar-refractivity contribution is 5.96. The first-order valence-electron chi connectivity index (χ1n) is 11.7. The lowest BCUT2D eigenvalue weighted by atomic mass is 10.00. The van der Waals surface area contributed by atoms with Crippen molar-refractivity contribution in [2.24, 2.45) is 11.7 Å². The van der Waals surface area contributed by atoms with Gasteiger partial charge < -0.3 is 42.0 Å². The number of carbonyl (C=O) groups excluding carboxylic acids is 3. The van der Waals surface area contributed by atoms with Crippen LogP contribution in [0, 0.1) is 5.92 Å². The Morgan fingerprint density at radius 2 is 1.45 bits per heavy atom. The van der Waals surface area contributed by atoms with Crippen LogP contribution in [0.1, 0.15) is 32.3 Å². The van der Waals surface area contributed by atoms with Crippen LogP contribution in [0.4, 0.5) is 0 Å². The molecule has 0 aliphatic rings. The predicted molar refractivity (Wildman–Crippen MR) is 133 cm³/mol. The van der Waals surface area contributed by atoms with Gasteiger partial charge >= 0.3 is 17.9 Å². The third kappa shape index (κ3) is 8.30. The number of hydrogen-bond donors (Lipinski definition) is 8. The first-order valence-corrected chi connectivity index (χ1v) is 11.7. The summed E-state index contributed by atoms with van der Waals surface area (Å²) in [6.45, 7) is 3.21. The fraction of sp³-hybridized carbons (Fsp3) is 0.417. The van der Waals surface area contributed by atoms with Gasteiger partial charge in [-0.25, -0.2) is 4.79 Å². The van der Waals surface area contributed by atoms with Gasteiger partial charge in [0.25, 0.3) is 0 Å². The summed E-state index contributed by atoms with van der Waals surface area (Å²) < 4.78 is 0. The third-order valence-corrected chi connectivity index (χ3v) is 5.70. The fourth-order valence-corrected chi connectivity index (χ4v) is 3.71. The van der Waals surface area contributed by atoms with Gasteiger partial charge in [0, 0.05) is 23.5 Å². The lowest BCUT2D eigenvalue weighted by Gasteiger charge is -2.26. The SMILES string of the molecule is CC(C)C(NC(=O)C(N)CC(=O)O)C(=O)NC(Cc1c[nH]c2ccccc12)C(=O)NC(CC(=O)O)C(=O)O. The molecule has 9 N–H and O–H groups in total. The average Bonchev–Trinajstić information content (AvgIpc) is 3.23. The van der Waals surface area contributed by atoms with E-state index in [1.165, 1.54) is 0 Å². The molecule has 0 bridgehead atoms. The van der Waals surface area contributed by atoms with Crippen LogP contribution < -0.4 is 21.7 Å². The van der Waals surface area contributed by atoms with E-state index in [4.69, 9.17) is 15.9 Å². The molecule has 0 saturated heterocycles. The summed E-state index contributed by atoms with van der Waals surface area (Å²) in [5, 5.41) is 35.0. The zero-order valence-corrected chi connectivity index (χ0v) is 20.8. The van der Waals surface area contributed by atoms with Gasteiger partial charge in [0.1, 0.15) is 18.1 Å². The third-order valence-electron chi connectivity index (χ3n) is 5.70. The number of aromatic nitrogens is 1. The summed E-state index contributed by atoms with van der Waals surface area (Å²) >= 11 is 0. The summed E-state index contributed by atoms with van der Waals surface area (Å²) in [6.07, 6.45) is -0.0288. The van der Waals surface area contributed by atoms with E-state index >= 15 is 0 Å². The predicted octanol–water partition coefficient (Wildman–Crippen LogP) is -0.818. The number of nitrogens with one attached hydrogen (secondary N) is 4. The van der Waals surface area contributed by atoms with Gasteiger partial charge in [-0.2, -0.15) is 0 Å². The second kappa shape index (κ2) is 13.2. The Morgan fingerprint density at radius 1 is 0.842 bits per heavy atom. The molecule has 38 heavy (non-hydrogen) atoms. The number of para-hydroxylation sites is 1. The van der Waals surface area contributed by atoms with E-state index in [1.807, 2.05) is 0 Å². The molecule has 0 spiro atoms. The molecule has 4 unspecified atom stereocenters. The van der Waals surface area contributed by atoms with Crippen LogP contribution in [0.15, 0.2) is 30.5 Å². The Morgan fingerprint density at radius 3 is 2.03 bits per heavy atom. The van der Waals surface area contributed by atoms with E-state index < -0.39 is 78.6 Å². The van der Waals surface area contributed by atoms with Crippen molar-refractivity contribution < 1.29 is 44.1 Å². The van der Waals surface area contributed by atoms with Crippen LogP contribution in [-0.2, 0) is 35.2 Å². The lowest BCUT2D eigenvalue weighted by molar-refractivity contribution is -0.147.